The van der Waals surface area contributed by atoms with Crippen LogP contribution in [0.1, 0.15) is 58.3 Å². The van der Waals surface area contributed by atoms with Crippen molar-refractivity contribution in [2.45, 2.75) is 64.5 Å². The van der Waals surface area contributed by atoms with Gasteiger partial charge in [-0.25, -0.2) is 4.79 Å². The van der Waals surface area contributed by atoms with Crippen LogP contribution in [-0.4, -0.2) is 18.8 Å². The van der Waals surface area contributed by atoms with E-state index in [1.165, 1.54) is 25.7 Å². The van der Waals surface area contributed by atoms with E-state index in [0.29, 0.717) is 6.42 Å². The average molecular weight is 355 g/mol. The Labute approximate surface area is 119 Å². The topological polar surface area (TPSA) is 26.3 Å². The van der Waals surface area contributed by atoms with Gasteiger partial charge in [-0.05, 0) is 6.42 Å². The minimum absolute atomic E-state index is 0. The van der Waals surface area contributed by atoms with E-state index in [1.807, 2.05) is 0 Å². The summed E-state index contributed by atoms with van der Waals surface area (Å²) in [4.78, 5) is 10.3. The first kappa shape index (κ1) is 20.2. The quantitative estimate of drug-likeness (QED) is 0.351. The van der Waals surface area contributed by atoms with Gasteiger partial charge in [0.05, 0.1) is 6.61 Å². The summed E-state index contributed by atoms with van der Waals surface area (Å²) in [5.74, 6) is -2.08. The minimum atomic E-state index is -4.86. The molecule has 0 aliphatic carbocycles. The zero-order valence-electron chi connectivity index (χ0n) is 10.7. The fraction of sp³-hybridized carbons (Fsp3) is 0.917. The molecule has 0 aromatic heterocycles. The minimum Gasteiger partial charge on any atom is -0.459 e. The molecule has 18 heavy (non-hydrogen) atoms. The normalized spacial score (nSPS) is 10.9. The number of esters is 1. The maximum Gasteiger partial charge on any atom is 0.490 e. The molecular weight excluding hydrogens is 334 g/mol. The summed E-state index contributed by atoms with van der Waals surface area (Å²) in [6.45, 7) is 2.02. The van der Waals surface area contributed by atoms with Gasteiger partial charge in [-0.15, -0.1) is 0 Å². The summed E-state index contributed by atoms with van der Waals surface area (Å²) in [7, 11) is 0. The monoisotopic (exact) mass is 356 g/mol. The van der Waals surface area contributed by atoms with Gasteiger partial charge in [0.25, 0.3) is 0 Å². The number of ether oxygens (including phenoxy) is 1. The number of hydrogen-bond donors (Lipinski definition) is 0. The van der Waals surface area contributed by atoms with Crippen LogP contribution in [0.3, 0.4) is 0 Å². The molecule has 0 aromatic rings. The number of alkyl halides is 3. The third-order valence-corrected chi connectivity index (χ3v) is 2.46. The molecule has 110 valence electrons. The van der Waals surface area contributed by atoms with E-state index in [9.17, 15) is 18.0 Å². The Bertz CT molecular complexity index is 208. The Morgan fingerprint density at radius 3 is 1.83 bits per heavy atom. The molecule has 0 N–H and O–H groups in total. The second-order valence-electron chi connectivity index (χ2n) is 4.11. The Morgan fingerprint density at radius 2 is 1.39 bits per heavy atom. The predicted molar refractivity (Wildman–Crippen MR) is 59.6 cm³/mol. The summed E-state index contributed by atoms with van der Waals surface area (Å²) in [6, 6.07) is 0. The molecule has 0 aliphatic rings. The second kappa shape index (κ2) is 11.9. The zero-order chi connectivity index (χ0) is 13.1. The van der Waals surface area contributed by atoms with E-state index in [1.54, 1.807) is 0 Å². The zero-order valence-corrected chi connectivity index (χ0v) is 12.4. The fourth-order valence-corrected chi connectivity index (χ4v) is 1.48. The molecule has 0 unspecified atom stereocenters. The second-order valence-corrected chi connectivity index (χ2v) is 4.11. The molecule has 0 aromatic carbocycles. The first-order valence-corrected chi connectivity index (χ1v) is 6.22. The summed E-state index contributed by atoms with van der Waals surface area (Å²) in [5, 5.41) is 0. The van der Waals surface area contributed by atoms with Crippen LogP contribution in [0.2, 0.25) is 0 Å². The van der Waals surface area contributed by atoms with Gasteiger partial charge >= 0.3 is 12.1 Å². The van der Waals surface area contributed by atoms with Gasteiger partial charge in [0, 0.05) is 19.5 Å². The third kappa shape index (κ3) is 12.3. The molecule has 0 radical (unpaired) electrons. The molecular formula is C12H21F3O2Ru. The van der Waals surface area contributed by atoms with Crippen molar-refractivity contribution in [1.29, 1.82) is 0 Å². The van der Waals surface area contributed by atoms with Crippen molar-refractivity contribution in [3.05, 3.63) is 0 Å². The van der Waals surface area contributed by atoms with E-state index < -0.39 is 12.1 Å². The van der Waals surface area contributed by atoms with Crippen molar-refractivity contribution in [1.82, 2.24) is 0 Å². The summed E-state index contributed by atoms with van der Waals surface area (Å²) >= 11 is 0. The molecule has 0 amide bonds. The molecule has 0 saturated carbocycles. The number of carbonyl (C=O) groups excluding carboxylic acids is 1. The molecule has 0 saturated heterocycles. The number of rotatable bonds is 9. The van der Waals surface area contributed by atoms with E-state index in [2.05, 4.69) is 11.7 Å². The molecule has 0 aliphatic heterocycles. The Kier molecular flexibility index (Phi) is 13.4. The summed E-state index contributed by atoms with van der Waals surface area (Å²) in [6.07, 6.45) is 3.40. The van der Waals surface area contributed by atoms with Crippen LogP contribution in [0.5, 0.6) is 0 Å². The predicted octanol–water partition coefficient (Wildman–Crippen LogP) is 4.23. The molecule has 0 bridgehead atoms. The SMILES string of the molecule is CCCCCCCCCCOC(=O)C(F)(F)F.[Ru]. The first-order valence-electron chi connectivity index (χ1n) is 6.22. The Hall–Kier alpha value is -0.117. The van der Waals surface area contributed by atoms with Crippen LogP contribution in [0, 0.1) is 0 Å². The molecule has 0 atom stereocenters. The summed E-state index contributed by atoms with van der Waals surface area (Å²) in [5.41, 5.74) is 0. The van der Waals surface area contributed by atoms with Gasteiger partial charge < -0.3 is 4.74 Å². The van der Waals surface area contributed by atoms with E-state index >= 15 is 0 Å². The maximum absolute atomic E-state index is 11.7. The molecule has 0 rings (SSSR count). The van der Waals surface area contributed by atoms with Crippen molar-refractivity contribution >= 4 is 5.97 Å². The molecule has 0 heterocycles. The number of unbranched alkanes of at least 4 members (excludes halogenated alkanes) is 7. The largest absolute Gasteiger partial charge is 0.490 e. The number of carbonyl (C=O) groups is 1. The molecule has 0 spiro atoms. The van der Waals surface area contributed by atoms with Gasteiger partial charge in [-0.2, -0.15) is 13.2 Å². The number of hydrogen-bond acceptors (Lipinski definition) is 2. The molecule has 0 fully saturated rings. The van der Waals surface area contributed by atoms with Crippen LogP contribution in [0.4, 0.5) is 13.2 Å². The van der Waals surface area contributed by atoms with Crippen LogP contribution in [-0.2, 0) is 29.0 Å². The van der Waals surface area contributed by atoms with Crippen molar-refractivity contribution in [2.75, 3.05) is 6.61 Å². The molecule has 6 heteroatoms. The van der Waals surface area contributed by atoms with Gasteiger partial charge in [0.1, 0.15) is 0 Å². The van der Waals surface area contributed by atoms with E-state index in [-0.39, 0.29) is 26.1 Å². The summed E-state index contributed by atoms with van der Waals surface area (Å²) < 4.78 is 39.3. The van der Waals surface area contributed by atoms with Crippen molar-refractivity contribution in [2.24, 2.45) is 0 Å². The maximum atomic E-state index is 11.7. The first-order chi connectivity index (χ1) is 7.98. The van der Waals surface area contributed by atoms with Crippen molar-refractivity contribution in [3.63, 3.8) is 0 Å². The van der Waals surface area contributed by atoms with Gasteiger partial charge in [0.15, 0.2) is 0 Å². The van der Waals surface area contributed by atoms with Crippen LogP contribution in [0.15, 0.2) is 0 Å². The Balaban J connectivity index is 0. The number of halogens is 3. The fourth-order valence-electron chi connectivity index (χ4n) is 1.48. The van der Waals surface area contributed by atoms with Gasteiger partial charge in [0.2, 0.25) is 0 Å². The van der Waals surface area contributed by atoms with Crippen LogP contribution < -0.4 is 0 Å². The van der Waals surface area contributed by atoms with Gasteiger partial charge in [-0.3, -0.25) is 0 Å². The average Bonchev–Trinajstić information content (AvgIpc) is 2.25. The Morgan fingerprint density at radius 1 is 0.944 bits per heavy atom. The third-order valence-electron chi connectivity index (χ3n) is 2.46. The standard InChI is InChI=1S/C12H21F3O2.Ru/c1-2-3-4-5-6-7-8-9-10-17-11(16)12(13,14)15;/h2-10H2,1H3;. The van der Waals surface area contributed by atoms with Crippen LogP contribution >= 0.6 is 0 Å². The van der Waals surface area contributed by atoms with Gasteiger partial charge in [-0.1, -0.05) is 51.9 Å². The van der Waals surface area contributed by atoms with E-state index in [0.717, 1.165) is 19.3 Å². The van der Waals surface area contributed by atoms with Crippen molar-refractivity contribution in [3.8, 4) is 0 Å². The smallest absolute Gasteiger partial charge is 0.459 e. The van der Waals surface area contributed by atoms with Crippen molar-refractivity contribution < 1.29 is 42.2 Å². The van der Waals surface area contributed by atoms with Crippen LogP contribution in [0.25, 0.3) is 0 Å². The molecule has 2 nitrogen and oxygen atoms in total. The van der Waals surface area contributed by atoms with E-state index in [4.69, 9.17) is 0 Å².